The Bertz CT molecular complexity index is 430. The van der Waals surface area contributed by atoms with Crippen molar-refractivity contribution in [3.05, 3.63) is 34.9 Å². The first-order valence-corrected chi connectivity index (χ1v) is 7.78. The fourth-order valence-electron chi connectivity index (χ4n) is 3.95. The maximum atomic E-state index is 11.4. The SMILES string of the molecule is OC1(c2ccc(Cl)cc2)CCCNC12CCCCC2. The topological polar surface area (TPSA) is 32.3 Å². The zero-order valence-electron chi connectivity index (χ0n) is 11.3. The lowest BCUT2D eigenvalue weighted by molar-refractivity contribution is -0.0994. The summed E-state index contributed by atoms with van der Waals surface area (Å²) in [7, 11) is 0. The molecule has 2 N–H and O–H groups in total. The molecule has 1 aromatic carbocycles. The van der Waals surface area contributed by atoms with E-state index >= 15 is 0 Å². The number of piperidine rings is 1. The second-order valence-electron chi connectivity index (χ2n) is 6.04. The van der Waals surface area contributed by atoms with Crippen LogP contribution in [0, 0.1) is 0 Å². The van der Waals surface area contributed by atoms with Crippen molar-refractivity contribution < 1.29 is 5.11 Å². The molecule has 3 rings (SSSR count). The maximum Gasteiger partial charge on any atom is 0.108 e. The van der Waals surface area contributed by atoms with Gasteiger partial charge in [-0.25, -0.2) is 0 Å². The summed E-state index contributed by atoms with van der Waals surface area (Å²) in [6, 6.07) is 7.76. The third-order valence-corrected chi connectivity index (χ3v) is 5.25. The number of aliphatic hydroxyl groups is 1. The third-order valence-electron chi connectivity index (χ3n) is 5.00. The molecule has 1 aliphatic heterocycles. The first kappa shape index (κ1) is 13.4. The van der Waals surface area contributed by atoms with Gasteiger partial charge >= 0.3 is 0 Å². The number of hydrogen-bond acceptors (Lipinski definition) is 2. The molecule has 1 aromatic rings. The van der Waals surface area contributed by atoms with E-state index in [1.54, 1.807) is 0 Å². The second-order valence-corrected chi connectivity index (χ2v) is 6.48. The Kier molecular flexibility index (Phi) is 3.59. The minimum absolute atomic E-state index is 0.128. The lowest BCUT2D eigenvalue weighted by atomic mass is 9.63. The highest BCUT2D eigenvalue weighted by Crippen LogP contribution is 2.47. The fourth-order valence-corrected chi connectivity index (χ4v) is 4.08. The Morgan fingerprint density at radius 3 is 2.32 bits per heavy atom. The smallest absolute Gasteiger partial charge is 0.108 e. The average molecular weight is 280 g/mol. The molecule has 1 saturated carbocycles. The summed E-state index contributed by atoms with van der Waals surface area (Å²) >= 11 is 5.98. The number of nitrogens with one attached hydrogen (secondary N) is 1. The van der Waals surface area contributed by atoms with E-state index in [0.29, 0.717) is 0 Å². The quantitative estimate of drug-likeness (QED) is 0.823. The van der Waals surface area contributed by atoms with E-state index in [2.05, 4.69) is 5.32 Å². The Balaban J connectivity index is 2.00. The number of hydrogen-bond donors (Lipinski definition) is 2. The molecule has 0 radical (unpaired) electrons. The minimum atomic E-state index is -0.740. The van der Waals surface area contributed by atoms with Crippen LogP contribution in [0.5, 0.6) is 0 Å². The largest absolute Gasteiger partial charge is 0.383 e. The molecule has 1 aliphatic carbocycles. The predicted molar refractivity (Wildman–Crippen MR) is 78.4 cm³/mol. The van der Waals surface area contributed by atoms with Gasteiger partial charge in [0.1, 0.15) is 5.60 Å². The van der Waals surface area contributed by atoms with Crippen molar-refractivity contribution in [3.8, 4) is 0 Å². The molecule has 1 unspecified atom stereocenters. The van der Waals surface area contributed by atoms with Crippen LogP contribution in [0.15, 0.2) is 24.3 Å². The average Bonchev–Trinajstić information content (AvgIpc) is 2.44. The molecule has 1 spiro atoms. The summed E-state index contributed by atoms with van der Waals surface area (Å²) in [5.41, 5.74) is 0.152. The molecule has 2 nitrogen and oxygen atoms in total. The first-order valence-electron chi connectivity index (χ1n) is 7.40. The van der Waals surface area contributed by atoms with Gasteiger partial charge < -0.3 is 10.4 Å². The fraction of sp³-hybridized carbons (Fsp3) is 0.625. The van der Waals surface area contributed by atoms with E-state index in [4.69, 9.17) is 11.6 Å². The summed E-state index contributed by atoms with van der Waals surface area (Å²) in [5.74, 6) is 0. The number of halogens is 1. The molecule has 2 fully saturated rings. The van der Waals surface area contributed by atoms with E-state index in [-0.39, 0.29) is 5.54 Å². The lowest BCUT2D eigenvalue weighted by Crippen LogP contribution is -2.64. The van der Waals surface area contributed by atoms with Crippen molar-refractivity contribution >= 4 is 11.6 Å². The van der Waals surface area contributed by atoms with Crippen LogP contribution >= 0.6 is 11.6 Å². The first-order chi connectivity index (χ1) is 9.16. The van der Waals surface area contributed by atoms with Crippen molar-refractivity contribution in [2.45, 2.75) is 56.1 Å². The van der Waals surface area contributed by atoms with E-state index < -0.39 is 5.60 Å². The van der Waals surface area contributed by atoms with Crippen LogP contribution in [0.1, 0.15) is 50.5 Å². The monoisotopic (exact) mass is 279 g/mol. The summed E-state index contributed by atoms with van der Waals surface area (Å²) in [4.78, 5) is 0. The third kappa shape index (κ3) is 2.20. The van der Waals surface area contributed by atoms with Crippen molar-refractivity contribution in [1.82, 2.24) is 5.32 Å². The number of rotatable bonds is 1. The molecule has 2 aliphatic rings. The summed E-state index contributed by atoms with van der Waals surface area (Å²) < 4.78 is 0. The summed E-state index contributed by atoms with van der Waals surface area (Å²) in [5, 5.41) is 15.8. The molecule has 1 heterocycles. The standard InChI is InChI=1S/C16H22ClNO/c17-14-7-5-13(6-8-14)16(19)11-4-12-18-15(16)9-2-1-3-10-15/h5-8,18-19H,1-4,9-12H2. The van der Waals surface area contributed by atoms with Gasteiger partial charge in [0.25, 0.3) is 0 Å². The second kappa shape index (κ2) is 5.08. The van der Waals surface area contributed by atoms with Crippen LogP contribution in [0.2, 0.25) is 5.02 Å². The van der Waals surface area contributed by atoms with Crippen LogP contribution in [0.3, 0.4) is 0 Å². The van der Waals surface area contributed by atoms with Gasteiger partial charge in [0, 0.05) is 5.02 Å². The summed E-state index contributed by atoms with van der Waals surface area (Å²) in [6.07, 6.45) is 7.74. The van der Waals surface area contributed by atoms with Gasteiger partial charge in [-0.15, -0.1) is 0 Å². The summed E-state index contributed by atoms with van der Waals surface area (Å²) in [6.45, 7) is 1.02. The van der Waals surface area contributed by atoms with E-state index in [1.165, 1.54) is 19.3 Å². The molecule has 1 saturated heterocycles. The predicted octanol–water partition coefficient (Wildman–Crippen LogP) is 3.61. The Morgan fingerprint density at radius 2 is 1.63 bits per heavy atom. The Morgan fingerprint density at radius 1 is 0.947 bits per heavy atom. The Hall–Kier alpha value is -0.570. The van der Waals surface area contributed by atoms with Gasteiger partial charge in [-0.3, -0.25) is 0 Å². The van der Waals surface area contributed by atoms with Gasteiger partial charge in [0.15, 0.2) is 0 Å². The zero-order chi connectivity index (χ0) is 13.3. The molecule has 0 amide bonds. The maximum absolute atomic E-state index is 11.4. The van der Waals surface area contributed by atoms with Crippen molar-refractivity contribution in [3.63, 3.8) is 0 Å². The highest BCUT2D eigenvalue weighted by Gasteiger charge is 2.52. The molecule has 3 heteroatoms. The normalized spacial score (nSPS) is 30.4. The van der Waals surface area contributed by atoms with Gasteiger partial charge in [0.2, 0.25) is 0 Å². The minimum Gasteiger partial charge on any atom is -0.383 e. The molecule has 104 valence electrons. The molecule has 0 aromatic heterocycles. The van der Waals surface area contributed by atoms with Crippen LogP contribution in [0.25, 0.3) is 0 Å². The van der Waals surface area contributed by atoms with Gasteiger partial charge in [-0.05, 0) is 49.9 Å². The highest BCUT2D eigenvalue weighted by atomic mass is 35.5. The molecule has 0 bridgehead atoms. The van der Waals surface area contributed by atoms with E-state index in [1.807, 2.05) is 24.3 Å². The molecule has 19 heavy (non-hydrogen) atoms. The van der Waals surface area contributed by atoms with E-state index in [0.717, 1.165) is 42.8 Å². The van der Waals surface area contributed by atoms with Crippen LogP contribution in [-0.4, -0.2) is 17.2 Å². The highest BCUT2D eigenvalue weighted by molar-refractivity contribution is 6.30. The van der Waals surface area contributed by atoms with Gasteiger partial charge in [-0.2, -0.15) is 0 Å². The van der Waals surface area contributed by atoms with Gasteiger partial charge in [0.05, 0.1) is 5.54 Å². The number of benzene rings is 1. The molecular weight excluding hydrogens is 258 g/mol. The van der Waals surface area contributed by atoms with Crippen LogP contribution in [-0.2, 0) is 5.60 Å². The molecule has 1 atom stereocenters. The van der Waals surface area contributed by atoms with E-state index in [9.17, 15) is 5.11 Å². The van der Waals surface area contributed by atoms with Crippen molar-refractivity contribution in [1.29, 1.82) is 0 Å². The Labute approximate surface area is 120 Å². The van der Waals surface area contributed by atoms with Crippen LogP contribution in [0.4, 0.5) is 0 Å². The van der Waals surface area contributed by atoms with Gasteiger partial charge in [-0.1, -0.05) is 43.0 Å². The lowest BCUT2D eigenvalue weighted by Gasteiger charge is -2.53. The van der Waals surface area contributed by atoms with Crippen molar-refractivity contribution in [2.24, 2.45) is 0 Å². The zero-order valence-corrected chi connectivity index (χ0v) is 12.0. The van der Waals surface area contributed by atoms with Crippen LogP contribution < -0.4 is 5.32 Å². The molecular formula is C16H22ClNO. The van der Waals surface area contributed by atoms with Crippen molar-refractivity contribution in [2.75, 3.05) is 6.54 Å².